The van der Waals surface area contributed by atoms with Crippen LogP contribution >= 0.6 is 0 Å². The van der Waals surface area contributed by atoms with E-state index in [0.717, 1.165) is 64.6 Å². The minimum Gasteiger partial charge on any atom is -0.508 e. The molecule has 0 bridgehead atoms. The maximum atomic E-state index is 12.6. The van der Waals surface area contributed by atoms with Gasteiger partial charge in [-0.15, -0.1) is 0 Å². The molecule has 7 heteroatoms. The van der Waals surface area contributed by atoms with Crippen LogP contribution in [0.2, 0.25) is 0 Å². The van der Waals surface area contributed by atoms with Crippen molar-refractivity contribution in [2.75, 3.05) is 6.61 Å². The summed E-state index contributed by atoms with van der Waals surface area (Å²) in [6.45, 7) is 2.57. The Morgan fingerprint density at radius 1 is 0.755 bits per heavy atom. The molecular formula is C46H52N2O5. The number of aromatic hydroxyl groups is 3. The van der Waals surface area contributed by atoms with Crippen molar-refractivity contribution < 1.29 is 24.9 Å². The van der Waals surface area contributed by atoms with Gasteiger partial charge in [-0.25, -0.2) is 0 Å². The van der Waals surface area contributed by atoms with E-state index in [0.29, 0.717) is 37.4 Å². The Morgan fingerprint density at radius 3 is 2.21 bits per heavy atom. The molecule has 0 heterocycles. The lowest BCUT2D eigenvalue weighted by Gasteiger charge is -2.18. The van der Waals surface area contributed by atoms with Crippen molar-refractivity contribution in [3.8, 4) is 34.1 Å². The monoisotopic (exact) mass is 712 g/mol. The smallest absolute Gasteiger partial charge is 0.161 e. The van der Waals surface area contributed by atoms with Crippen molar-refractivity contribution in [2.45, 2.75) is 70.9 Å². The van der Waals surface area contributed by atoms with Crippen LogP contribution in [0.25, 0.3) is 11.1 Å². The van der Waals surface area contributed by atoms with Crippen molar-refractivity contribution in [2.24, 2.45) is 17.4 Å². The van der Waals surface area contributed by atoms with Crippen LogP contribution in [0.5, 0.6) is 23.0 Å². The van der Waals surface area contributed by atoms with Gasteiger partial charge in [0.25, 0.3) is 0 Å². The van der Waals surface area contributed by atoms with Gasteiger partial charge >= 0.3 is 0 Å². The summed E-state index contributed by atoms with van der Waals surface area (Å²) in [6, 6.07) is 34.0. The summed E-state index contributed by atoms with van der Waals surface area (Å²) in [5.41, 5.74) is 19.1. The van der Waals surface area contributed by atoms with Crippen molar-refractivity contribution in [3.63, 3.8) is 0 Å². The van der Waals surface area contributed by atoms with E-state index in [1.165, 1.54) is 12.0 Å². The number of carbonyl (C=O) groups is 1. The molecule has 5 rings (SSSR count). The van der Waals surface area contributed by atoms with Gasteiger partial charge in [-0.2, -0.15) is 0 Å². The van der Waals surface area contributed by atoms with Gasteiger partial charge in [-0.3, -0.25) is 4.79 Å². The quantitative estimate of drug-likeness (QED) is 0.0327. The summed E-state index contributed by atoms with van der Waals surface area (Å²) in [4.78, 5) is 12.6. The molecule has 0 spiro atoms. The lowest BCUT2D eigenvalue weighted by Crippen LogP contribution is -2.19. The van der Waals surface area contributed by atoms with E-state index < -0.39 is 6.17 Å². The lowest BCUT2D eigenvalue weighted by atomic mass is 9.89. The van der Waals surface area contributed by atoms with Crippen LogP contribution in [0.3, 0.4) is 0 Å². The van der Waals surface area contributed by atoms with E-state index in [-0.39, 0.29) is 29.6 Å². The molecule has 7 nitrogen and oxygen atoms in total. The number of phenolic OH excluding ortho intramolecular Hbond substituents is 3. The van der Waals surface area contributed by atoms with Gasteiger partial charge in [0.1, 0.15) is 11.5 Å². The van der Waals surface area contributed by atoms with Gasteiger partial charge in [0.2, 0.25) is 0 Å². The Balaban J connectivity index is 1.15. The predicted molar refractivity (Wildman–Crippen MR) is 213 cm³/mol. The molecule has 53 heavy (non-hydrogen) atoms. The van der Waals surface area contributed by atoms with E-state index in [1.54, 1.807) is 36.4 Å². The topological polar surface area (TPSA) is 139 Å². The van der Waals surface area contributed by atoms with Crippen LogP contribution in [0, 0.1) is 5.92 Å². The third kappa shape index (κ3) is 11.8. The van der Waals surface area contributed by atoms with E-state index in [1.807, 2.05) is 54.6 Å². The van der Waals surface area contributed by atoms with Crippen LogP contribution in [-0.4, -0.2) is 27.7 Å². The van der Waals surface area contributed by atoms with E-state index in [4.69, 9.17) is 16.2 Å². The molecule has 0 fully saturated rings. The van der Waals surface area contributed by atoms with Crippen LogP contribution < -0.4 is 16.2 Å². The number of hydrogen-bond acceptors (Lipinski definition) is 7. The summed E-state index contributed by atoms with van der Waals surface area (Å²) in [6.07, 6.45) is 10.4. The van der Waals surface area contributed by atoms with Crippen LogP contribution in [-0.2, 0) is 30.5 Å². The number of allylic oxidation sites excluding steroid dienone is 2. The lowest BCUT2D eigenvalue weighted by molar-refractivity contribution is -0.114. The van der Waals surface area contributed by atoms with Gasteiger partial charge in [0, 0.05) is 24.8 Å². The average molecular weight is 713 g/mol. The van der Waals surface area contributed by atoms with Crippen molar-refractivity contribution in [1.82, 2.24) is 0 Å². The first kappa shape index (κ1) is 38.9. The molecule has 5 aromatic carbocycles. The highest BCUT2D eigenvalue weighted by atomic mass is 16.5. The molecule has 0 saturated carbocycles. The molecular weight excluding hydrogens is 661 g/mol. The number of phenols is 3. The summed E-state index contributed by atoms with van der Waals surface area (Å²) < 4.78 is 6.10. The summed E-state index contributed by atoms with van der Waals surface area (Å²) in [5, 5.41) is 31.6. The Morgan fingerprint density at radius 2 is 1.47 bits per heavy atom. The highest BCUT2D eigenvalue weighted by Gasteiger charge is 2.17. The largest absolute Gasteiger partial charge is 0.508 e. The van der Waals surface area contributed by atoms with Gasteiger partial charge in [0.05, 0.1) is 12.8 Å². The number of carbonyl (C=O) groups excluding carboxylic acids is 1. The number of nitrogens with two attached hydrogens (primary N) is 2. The van der Waals surface area contributed by atoms with Crippen molar-refractivity contribution in [3.05, 3.63) is 155 Å². The molecule has 0 unspecified atom stereocenters. The van der Waals surface area contributed by atoms with E-state index in [2.05, 4.69) is 37.3 Å². The summed E-state index contributed by atoms with van der Waals surface area (Å²) in [7, 11) is 0. The standard InChI is InChI=1S/C46H52N2O5/c1-32(12-13-33-9-5-3-6-10-33)8-4-2-7-11-39(49)23-16-35-17-26-43(52)44(31-35)53-29-28-37-22-27-42(51)41(45(37)36-20-24-40(50)25-21-36)30-34-14-18-38(19-15-34)46(47)48/h3,5-7,9-11,14-15,17-22,24-27,31-32,46,50-52H,2,4,8,12-13,16,23,28-30,47-48H2,1H3/t32-/m1/s1. The molecule has 1 atom stereocenters. The number of hydrogen-bond donors (Lipinski definition) is 5. The van der Waals surface area contributed by atoms with Crippen molar-refractivity contribution in [1.29, 1.82) is 0 Å². The van der Waals surface area contributed by atoms with Crippen LogP contribution in [0.1, 0.15) is 78.6 Å². The Labute approximate surface area is 313 Å². The first-order chi connectivity index (χ1) is 25.7. The fraction of sp³-hybridized carbons (Fsp3) is 0.283. The number of rotatable bonds is 19. The molecule has 0 amide bonds. The minimum absolute atomic E-state index is 0.0313. The summed E-state index contributed by atoms with van der Waals surface area (Å²) >= 11 is 0. The van der Waals surface area contributed by atoms with E-state index in [9.17, 15) is 20.1 Å². The third-order valence-electron chi connectivity index (χ3n) is 9.73. The predicted octanol–water partition coefficient (Wildman–Crippen LogP) is 9.10. The second-order valence-electron chi connectivity index (χ2n) is 13.9. The highest BCUT2D eigenvalue weighted by Crippen LogP contribution is 2.37. The maximum Gasteiger partial charge on any atom is 0.161 e. The fourth-order valence-corrected chi connectivity index (χ4v) is 6.57. The number of aryl methyl sites for hydroxylation is 2. The normalized spacial score (nSPS) is 12.0. The zero-order chi connectivity index (χ0) is 37.6. The van der Waals surface area contributed by atoms with Gasteiger partial charge < -0.3 is 31.5 Å². The SMILES string of the molecule is C[C@H](CCCC=CC(=O)CCc1ccc(O)c(OCCc2ccc(O)c(Cc3ccc(C(N)N)cc3)c2-c2ccc(O)cc2)c1)CCc1ccccc1. The summed E-state index contributed by atoms with van der Waals surface area (Å²) in [5.74, 6) is 1.44. The zero-order valence-electron chi connectivity index (χ0n) is 30.6. The first-order valence-corrected chi connectivity index (χ1v) is 18.6. The molecule has 7 N–H and O–H groups in total. The Bertz CT molecular complexity index is 1940. The molecule has 5 aromatic rings. The van der Waals surface area contributed by atoms with Crippen molar-refractivity contribution >= 4 is 5.78 Å². The molecule has 0 aliphatic heterocycles. The molecule has 0 aliphatic carbocycles. The maximum absolute atomic E-state index is 12.6. The molecule has 0 aromatic heterocycles. The second-order valence-corrected chi connectivity index (χ2v) is 13.9. The molecule has 0 saturated heterocycles. The number of ether oxygens (including phenoxy) is 1. The first-order valence-electron chi connectivity index (χ1n) is 18.6. The average Bonchev–Trinajstić information content (AvgIpc) is 3.16. The second kappa shape index (κ2) is 19.5. The number of benzene rings is 5. The number of unbranched alkanes of at least 4 members (excludes halogenated alkanes) is 1. The Hall–Kier alpha value is -5.37. The number of ketones is 1. The highest BCUT2D eigenvalue weighted by molar-refractivity contribution is 5.89. The minimum atomic E-state index is -0.567. The van der Waals surface area contributed by atoms with Gasteiger partial charge in [-0.1, -0.05) is 98.3 Å². The third-order valence-corrected chi connectivity index (χ3v) is 9.73. The molecule has 276 valence electrons. The van der Waals surface area contributed by atoms with Crippen LogP contribution in [0.15, 0.2) is 121 Å². The van der Waals surface area contributed by atoms with Gasteiger partial charge in [0.15, 0.2) is 17.3 Å². The van der Waals surface area contributed by atoms with E-state index >= 15 is 0 Å². The van der Waals surface area contributed by atoms with Gasteiger partial charge in [-0.05, 0) is 113 Å². The zero-order valence-corrected chi connectivity index (χ0v) is 30.6. The van der Waals surface area contributed by atoms with Crippen LogP contribution in [0.4, 0.5) is 0 Å². The molecule has 0 radical (unpaired) electrons. The fourth-order valence-electron chi connectivity index (χ4n) is 6.57. The Kier molecular flexibility index (Phi) is 14.3. The molecule has 0 aliphatic rings.